The van der Waals surface area contributed by atoms with Crippen LogP contribution in [0.25, 0.3) is 0 Å². The maximum absolute atomic E-state index is 12.0. The highest BCUT2D eigenvalue weighted by atomic mass is 16.1. The molecule has 4 unspecified atom stereocenters. The Labute approximate surface area is 118 Å². The van der Waals surface area contributed by atoms with Crippen molar-refractivity contribution in [3.63, 3.8) is 0 Å². The molecule has 1 fully saturated rings. The molecule has 1 aliphatic carbocycles. The summed E-state index contributed by atoms with van der Waals surface area (Å²) in [4.78, 5) is 12.0. The zero-order chi connectivity index (χ0) is 14.4. The molecule has 0 spiro atoms. The average molecular weight is 268 g/mol. The third-order valence-corrected chi connectivity index (χ3v) is 5.03. The fourth-order valence-electron chi connectivity index (χ4n) is 3.19. The van der Waals surface area contributed by atoms with Crippen molar-refractivity contribution in [1.82, 2.24) is 5.32 Å². The summed E-state index contributed by atoms with van der Waals surface area (Å²) < 4.78 is 0. The van der Waals surface area contributed by atoms with E-state index < -0.39 is 0 Å². The van der Waals surface area contributed by atoms with Gasteiger partial charge in [0.05, 0.1) is 0 Å². The predicted octanol–water partition coefficient (Wildman–Crippen LogP) is 2.94. The third kappa shape index (κ3) is 5.13. The van der Waals surface area contributed by atoms with E-state index in [1.165, 1.54) is 6.42 Å². The van der Waals surface area contributed by atoms with Gasteiger partial charge >= 0.3 is 0 Å². The second-order valence-corrected chi connectivity index (χ2v) is 6.71. The maximum Gasteiger partial charge on any atom is 0.220 e. The quantitative estimate of drug-likeness (QED) is 0.746. The van der Waals surface area contributed by atoms with Crippen LogP contribution in [-0.4, -0.2) is 18.5 Å². The number of nitrogens with one attached hydrogen (secondary N) is 1. The molecular formula is C16H32N2O. The summed E-state index contributed by atoms with van der Waals surface area (Å²) in [7, 11) is 0. The van der Waals surface area contributed by atoms with Crippen LogP contribution < -0.4 is 11.1 Å². The second kappa shape index (κ2) is 7.88. The molecule has 0 aromatic rings. The van der Waals surface area contributed by atoms with E-state index in [-0.39, 0.29) is 5.91 Å². The highest BCUT2D eigenvalue weighted by Crippen LogP contribution is 2.31. The molecule has 0 radical (unpaired) electrons. The number of carbonyl (C=O) groups is 1. The first kappa shape index (κ1) is 16.5. The standard InChI is InChI=1S/C16H32N2O/c1-11(2)14(9-10-17)6-8-16(19)18-15-7-5-12(3)13(15)4/h11-15H,5-10,17H2,1-4H3,(H,18,19). The Morgan fingerprint density at radius 1 is 1.26 bits per heavy atom. The van der Waals surface area contributed by atoms with Crippen LogP contribution in [0.5, 0.6) is 0 Å². The van der Waals surface area contributed by atoms with Gasteiger partial charge in [0, 0.05) is 12.5 Å². The highest BCUT2D eigenvalue weighted by molar-refractivity contribution is 5.76. The van der Waals surface area contributed by atoms with Crippen molar-refractivity contribution in [1.29, 1.82) is 0 Å². The monoisotopic (exact) mass is 268 g/mol. The number of rotatable bonds is 7. The van der Waals surface area contributed by atoms with Gasteiger partial charge in [-0.15, -0.1) is 0 Å². The molecule has 3 heteroatoms. The molecule has 1 saturated carbocycles. The summed E-state index contributed by atoms with van der Waals surface area (Å²) >= 11 is 0. The number of amides is 1. The Morgan fingerprint density at radius 3 is 2.42 bits per heavy atom. The molecule has 1 rings (SSSR count). The predicted molar refractivity (Wildman–Crippen MR) is 80.7 cm³/mol. The molecule has 1 amide bonds. The normalized spacial score (nSPS) is 28.6. The smallest absolute Gasteiger partial charge is 0.220 e. The van der Waals surface area contributed by atoms with E-state index in [9.17, 15) is 4.79 Å². The van der Waals surface area contributed by atoms with E-state index in [0.29, 0.717) is 30.2 Å². The first-order valence-corrected chi connectivity index (χ1v) is 7.95. The molecular weight excluding hydrogens is 236 g/mol. The van der Waals surface area contributed by atoms with Crippen LogP contribution in [0.4, 0.5) is 0 Å². The molecule has 3 N–H and O–H groups in total. The van der Waals surface area contributed by atoms with Crippen LogP contribution >= 0.6 is 0 Å². The van der Waals surface area contributed by atoms with Crippen LogP contribution in [0, 0.1) is 23.7 Å². The van der Waals surface area contributed by atoms with Crippen molar-refractivity contribution in [3.05, 3.63) is 0 Å². The fourth-order valence-corrected chi connectivity index (χ4v) is 3.19. The molecule has 0 aliphatic heterocycles. The highest BCUT2D eigenvalue weighted by Gasteiger charge is 2.30. The van der Waals surface area contributed by atoms with Crippen LogP contribution in [0.2, 0.25) is 0 Å². The average Bonchev–Trinajstić information content (AvgIpc) is 2.66. The Balaban J connectivity index is 2.31. The number of carbonyl (C=O) groups excluding carboxylic acids is 1. The summed E-state index contributed by atoms with van der Waals surface area (Å²) in [6.07, 6.45) is 5.04. The molecule has 4 atom stereocenters. The Bertz CT molecular complexity index is 278. The van der Waals surface area contributed by atoms with Gasteiger partial charge in [-0.2, -0.15) is 0 Å². The molecule has 0 aromatic heterocycles. The van der Waals surface area contributed by atoms with Gasteiger partial charge in [0.15, 0.2) is 0 Å². The molecule has 0 bridgehead atoms. The summed E-state index contributed by atoms with van der Waals surface area (Å²) in [5.41, 5.74) is 5.64. The SMILES string of the molecule is CC(C)C(CCN)CCC(=O)NC1CCC(C)C1C. The van der Waals surface area contributed by atoms with E-state index in [4.69, 9.17) is 5.73 Å². The lowest BCUT2D eigenvalue weighted by Crippen LogP contribution is -2.37. The van der Waals surface area contributed by atoms with E-state index in [2.05, 4.69) is 33.0 Å². The van der Waals surface area contributed by atoms with E-state index in [0.717, 1.165) is 31.7 Å². The summed E-state index contributed by atoms with van der Waals surface area (Å²) in [5.74, 6) is 2.78. The minimum Gasteiger partial charge on any atom is -0.353 e. The van der Waals surface area contributed by atoms with Crippen LogP contribution in [0.1, 0.15) is 59.8 Å². The van der Waals surface area contributed by atoms with Crippen molar-refractivity contribution >= 4 is 5.91 Å². The van der Waals surface area contributed by atoms with Gasteiger partial charge in [0.2, 0.25) is 5.91 Å². The zero-order valence-corrected chi connectivity index (χ0v) is 13.1. The van der Waals surface area contributed by atoms with Gasteiger partial charge in [-0.1, -0.05) is 27.7 Å². The topological polar surface area (TPSA) is 55.1 Å². The van der Waals surface area contributed by atoms with Crippen molar-refractivity contribution in [3.8, 4) is 0 Å². The molecule has 0 saturated heterocycles. The van der Waals surface area contributed by atoms with Crippen molar-refractivity contribution in [2.24, 2.45) is 29.4 Å². The summed E-state index contributed by atoms with van der Waals surface area (Å²) in [6.45, 7) is 9.71. The molecule has 1 aliphatic rings. The minimum absolute atomic E-state index is 0.230. The Morgan fingerprint density at radius 2 is 1.95 bits per heavy atom. The van der Waals surface area contributed by atoms with Gasteiger partial charge < -0.3 is 11.1 Å². The molecule has 112 valence electrons. The van der Waals surface area contributed by atoms with E-state index in [1.54, 1.807) is 0 Å². The number of hydrogen-bond donors (Lipinski definition) is 2. The third-order valence-electron chi connectivity index (χ3n) is 5.03. The largest absolute Gasteiger partial charge is 0.353 e. The van der Waals surface area contributed by atoms with Gasteiger partial charge in [-0.3, -0.25) is 4.79 Å². The zero-order valence-electron chi connectivity index (χ0n) is 13.1. The fraction of sp³-hybridized carbons (Fsp3) is 0.938. The Kier molecular flexibility index (Phi) is 6.84. The van der Waals surface area contributed by atoms with E-state index >= 15 is 0 Å². The lowest BCUT2D eigenvalue weighted by Gasteiger charge is -2.22. The van der Waals surface area contributed by atoms with Gasteiger partial charge in [-0.25, -0.2) is 0 Å². The minimum atomic E-state index is 0.230. The summed E-state index contributed by atoms with van der Waals surface area (Å²) in [5, 5.41) is 3.23. The van der Waals surface area contributed by atoms with Gasteiger partial charge in [0.1, 0.15) is 0 Å². The Hall–Kier alpha value is -0.570. The second-order valence-electron chi connectivity index (χ2n) is 6.71. The maximum atomic E-state index is 12.0. The molecule has 3 nitrogen and oxygen atoms in total. The summed E-state index contributed by atoms with van der Waals surface area (Å²) in [6, 6.07) is 0.398. The van der Waals surface area contributed by atoms with Crippen molar-refractivity contribution in [2.45, 2.75) is 65.8 Å². The molecule has 0 heterocycles. The van der Waals surface area contributed by atoms with Gasteiger partial charge in [0.25, 0.3) is 0 Å². The van der Waals surface area contributed by atoms with Crippen LogP contribution in [-0.2, 0) is 4.79 Å². The lowest BCUT2D eigenvalue weighted by atomic mass is 9.88. The lowest BCUT2D eigenvalue weighted by molar-refractivity contribution is -0.122. The number of nitrogens with two attached hydrogens (primary N) is 1. The van der Waals surface area contributed by atoms with Crippen molar-refractivity contribution < 1.29 is 4.79 Å². The first-order chi connectivity index (χ1) is 8.95. The van der Waals surface area contributed by atoms with E-state index in [1.807, 2.05) is 0 Å². The first-order valence-electron chi connectivity index (χ1n) is 7.95. The van der Waals surface area contributed by atoms with Crippen molar-refractivity contribution in [2.75, 3.05) is 6.54 Å². The van der Waals surface area contributed by atoms with Crippen LogP contribution in [0.3, 0.4) is 0 Å². The van der Waals surface area contributed by atoms with Gasteiger partial charge in [-0.05, 0) is 55.9 Å². The molecule has 0 aromatic carbocycles. The number of hydrogen-bond acceptors (Lipinski definition) is 2. The van der Waals surface area contributed by atoms with Crippen LogP contribution in [0.15, 0.2) is 0 Å². The molecule has 19 heavy (non-hydrogen) atoms.